The van der Waals surface area contributed by atoms with Gasteiger partial charge in [0.1, 0.15) is 0 Å². The molecular weight excluding hydrogens is 340 g/mol. The van der Waals surface area contributed by atoms with Crippen LogP contribution in [0.25, 0.3) is 43.6 Å². The maximum atomic E-state index is 3.61. The van der Waals surface area contributed by atoms with Gasteiger partial charge in [0.15, 0.2) is 0 Å². The second-order valence-electron chi connectivity index (χ2n) is 8.02. The van der Waals surface area contributed by atoms with Crippen molar-refractivity contribution in [1.29, 1.82) is 0 Å². The third-order valence-electron chi connectivity index (χ3n) is 6.13. The lowest BCUT2D eigenvalue weighted by atomic mass is 10.1. The Kier molecular flexibility index (Phi) is 4.56. The van der Waals surface area contributed by atoms with Crippen molar-refractivity contribution in [1.82, 2.24) is 9.55 Å². The minimum absolute atomic E-state index is 1.10. The first-order valence-corrected chi connectivity index (χ1v) is 10.8. The lowest BCUT2D eigenvalue weighted by molar-refractivity contribution is 0.571. The van der Waals surface area contributed by atoms with Crippen molar-refractivity contribution in [2.24, 2.45) is 0 Å². The van der Waals surface area contributed by atoms with Gasteiger partial charge in [-0.05, 0) is 30.7 Å². The summed E-state index contributed by atoms with van der Waals surface area (Å²) in [6.45, 7) is 3.38. The highest BCUT2D eigenvalue weighted by atomic mass is 15.0. The summed E-state index contributed by atoms with van der Waals surface area (Å²) >= 11 is 0. The zero-order valence-electron chi connectivity index (χ0n) is 16.7. The third kappa shape index (κ3) is 2.88. The molecule has 1 N–H and O–H groups in total. The molecule has 3 aromatic carbocycles. The molecular formula is C26H28N2. The van der Waals surface area contributed by atoms with Crippen molar-refractivity contribution in [2.45, 2.75) is 52.0 Å². The van der Waals surface area contributed by atoms with E-state index in [2.05, 4.69) is 77.1 Å². The molecule has 0 atom stereocenters. The predicted octanol–water partition coefficient (Wildman–Crippen LogP) is 7.79. The Hall–Kier alpha value is -2.74. The van der Waals surface area contributed by atoms with E-state index in [0.717, 1.165) is 6.54 Å². The number of fused-ring (bicyclic) bond motifs is 6. The van der Waals surface area contributed by atoms with Crippen molar-refractivity contribution in [3.63, 3.8) is 0 Å². The highest BCUT2D eigenvalue weighted by Crippen LogP contribution is 2.35. The summed E-state index contributed by atoms with van der Waals surface area (Å²) in [7, 11) is 0. The van der Waals surface area contributed by atoms with E-state index >= 15 is 0 Å². The van der Waals surface area contributed by atoms with E-state index in [4.69, 9.17) is 0 Å². The van der Waals surface area contributed by atoms with Crippen molar-refractivity contribution in [3.05, 3.63) is 60.7 Å². The molecule has 2 nitrogen and oxygen atoms in total. The van der Waals surface area contributed by atoms with E-state index in [1.165, 1.54) is 82.1 Å². The minimum atomic E-state index is 1.10. The lowest BCUT2D eigenvalue weighted by Crippen LogP contribution is -1.97. The van der Waals surface area contributed by atoms with Crippen LogP contribution >= 0.6 is 0 Å². The average Bonchev–Trinajstić information content (AvgIpc) is 3.24. The van der Waals surface area contributed by atoms with Crippen LogP contribution < -0.4 is 0 Å². The predicted molar refractivity (Wildman–Crippen MR) is 122 cm³/mol. The van der Waals surface area contributed by atoms with Gasteiger partial charge in [-0.2, -0.15) is 0 Å². The topological polar surface area (TPSA) is 20.7 Å². The molecule has 0 bridgehead atoms. The first-order valence-electron chi connectivity index (χ1n) is 10.8. The van der Waals surface area contributed by atoms with Gasteiger partial charge in [-0.15, -0.1) is 0 Å². The molecule has 0 aliphatic heterocycles. The Morgan fingerprint density at radius 2 is 1.39 bits per heavy atom. The summed E-state index contributed by atoms with van der Waals surface area (Å²) in [5, 5.41) is 5.37. The first-order chi connectivity index (χ1) is 13.9. The number of nitrogens with zero attached hydrogens (tertiary/aromatic N) is 1. The molecule has 5 rings (SSSR count). The zero-order chi connectivity index (χ0) is 18.9. The number of aryl methyl sites for hydroxylation is 1. The molecule has 0 radical (unpaired) electrons. The number of H-pyrrole nitrogens is 1. The van der Waals surface area contributed by atoms with Gasteiger partial charge in [-0.25, -0.2) is 0 Å². The van der Waals surface area contributed by atoms with Gasteiger partial charge in [-0.1, -0.05) is 75.4 Å². The number of unbranched alkanes of at least 4 members (excludes halogenated alkanes) is 5. The van der Waals surface area contributed by atoms with Crippen LogP contribution in [0.2, 0.25) is 0 Å². The van der Waals surface area contributed by atoms with Gasteiger partial charge in [-0.3, -0.25) is 0 Å². The lowest BCUT2D eigenvalue weighted by Gasteiger charge is -2.08. The number of aromatic nitrogens is 2. The van der Waals surface area contributed by atoms with Gasteiger partial charge in [0.05, 0.1) is 0 Å². The van der Waals surface area contributed by atoms with E-state index in [1.807, 2.05) is 0 Å². The van der Waals surface area contributed by atoms with Crippen molar-refractivity contribution < 1.29 is 0 Å². The molecule has 0 amide bonds. The average molecular weight is 369 g/mol. The molecule has 2 heteroatoms. The fraction of sp³-hybridized carbons (Fsp3) is 0.308. The summed E-state index contributed by atoms with van der Waals surface area (Å²) < 4.78 is 2.55. The van der Waals surface area contributed by atoms with Crippen LogP contribution in [0.15, 0.2) is 60.7 Å². The smallest absolute Gasteiger partial charge is 0.0499 e. The fourth-order valence-electron chi connectivity index (χ4n) is 4.68. The van der Waals surface area contributed by atoms with Crippen molar-refractivity contribution >= 4 is 43.6 Å². The van der Waals surface area contributed by atoms with E-state index in [-0.39, 0.29) is 0 Å². The van der Waals surface area contributed by atoms with E-state index in [1.54, 1.807) is 0 Å². The highest BCUT2D eigenvalue weighted by molar-refractivity contribution is 6.17. The largest absolute Gasteiger partial charge is 0.354 e. The van der Waals surface area contributed by atoms with Crippen LogP contribution in [0.1, 0.15) is 45.4 Å². The highest BCUT2D eigenvalue weighted by Gasteiger charge is 2.13. The number of hydrogen-bond acceptors (Lipinski definition) is 0. The third-order valence-corrected chi connectivity index (χ3v) is 6.13. The van der Waals surface area contributed by atoms with E-state index in [9.17, 15) is 0 Å². The molecule has 28 heavy (non-hydrogen) atoms. The normalized spacial score (nSPS) is 12.0. The molecule has 2 aromatic heterocycles. The Morgan fingerprint density at radius 3 is 2.29 bits per heavy atom. The van der Waals surface area contributed by atoms with Gasteiger partial charge in [0.2, 0.25) is 0 Å². The number of para-hydroxylation sites is 2. The van der Waals surface area contributed by atoms with Crippen LogP contribution in [-0.4, -0.2) is 9.55 Å². The molecule has 0 saturated heterocycles. The quantitative estimate of drug-likeness (QED) is 0.283. The Balaban J connectivity index is 1.60. The number of rotatable bonds is 7. The minimum Gasteiger partial charge on any atom is -0.354 e. The van der Waals surface area contributed by atoms with E-state index in [0.29, 0.717) is 0 Å². The summed E-state index contributed by atoms with van der Waals surface area (Å²) in [6, 6.07) is 22.3. The molecule has 0 aliphatic carbocycles. The molecule has 5 aromatic rings. The monoisotopic (exact) mass is 368 g/mol. The summed E-state index contributed by atoms with van der Waals surface area (Å²) in [6.07, 6.45) is 7.99. The number of hydrogen-bond donors (Lipinski definition) is 1. The Bertz CT molecular complexity index is 1260. The van der Waals surface area contributed by atoms with Crippen LogP contribution in [0.3, 0.4) is 0 Å². The summed E-state index contributed by atoms with van der Waals surface area (Å²) in [4.78, 5) is 3.61. The fourth-order valence-corrected chi connectivity index (χ4v) is 4.68. The summed E-state index contributed by atoms with van der Waals surface area (Å²) in [5.74, 6) is 0. The van der Waals surface area contributed by atoms with Crippen LogP contribution in [-0.2, 0) is 6.54 Å². The van der Waals surface area contributed by atoms with Gasteiger partial charge < -0.3 is 9.55 Å². The first kappa shape index (κ1) is 17.4. The van der Waals surface area contributed by atoms with Gasteiger partial charge >= 0.3 is 0 Å². The molecule has 142 valence electrons. The van der Waals surface area contributed by atoms with Crippen LogP contribution in [0.5, 0.6) is 0 Å². The number of aromatic amines is 1. The Labute approximate surface area is 166 Å². The molecule has 0 saturated carbocycles. The maximum Gasteiger partial charge on any atom is 0.0499 e. The second kappa shape index (κ2) is 7.35. The van der Waals surface area contributed by atoms with Gasteiger partial charge in [0.25, 0.3) is 0 Å². The summed E-state index contributed by atoms with van der Waals surface area (Å²) in [5.41, 5.74) is 5.18. The SMILES string of the molecule is CCCCCCCCn1c2ccccc2c2cc3[nH]c4ccccc4c3cc21. The zero-order valence-corrected chi connectivity index (χ0v) is 16.7. The van der Waals surface area contributed by atoms with Crippen molar-refractivity contribution in [3.8, 4) is 0 Å². The Morgan fingerprint density at radius 1 is 0.643 bits per heavy atom. The molecule has 2 heterocycles. The molecule has 0 unspecified atom stereocenters. The standard InChI is InChI=1S/C26H28N2/c1-2-3-4-5-6-11-16-28-25-15-10-8-13-20(25)22-17-24-21(18-26(22)28)19-12-7-9-14-23(19)27-24/h7-10,12-15,17-18,27H,2-6,11,16H2,1H3. The van der Waals surface area contributed by atoms with Crippen molar-refractivity contribution in [2.75, 3.05) is 0 Å². The molecule has 0 aliphatic rings. The van der Waals surface area contributed by atoms with Crippen LogP contribution in [0.4, 0.5) is 0 Å². The molecule has 0 fully saturated rings. The maximum absolute atomic E-state index is 3.61. The second-order valence-corrected chi connectivity index (χ2v) is 8.02. The molecule has 0 spiro atoms. The van der Waals surface area contributed by atoms with Crippen LogP contribution in [0, 0.1) is 0 Å². The van der Waals surface area contributed by atoms with E-state index < -0.39 is 0 Å². The van der Waals surface area contributed by atoms with Gasteiger partial charge in [0, 0.05) is 50.2 Å². The number of benzene rings is 3. The number of nitrogens with one attached hydrogen (secondary N) is 1.